The predicted molar refractivity (Wildman–Crippen MR) is 87.1 cm³/mol. The largest absolute Gasteiger partial charge is 0.241 e. The average molecular weight is 395 g/mol. The van der Waals surface area contributed by atoms with Crippen LogP contribution in [0.4, 0.5) is 0 Å². The molecule has 0 aliphatic rings. The molecule has 0 saturated heterocycles. The fraction of sp³-hybridized carbons (Fsp3) is 0.231. The van der Waals surface area contributed by atoms with Crippen LogP contribution in [0.25, 0.3) is 0 Å². The van der Waals surface area contributed by atoms with Gasteiger partial charge in [0.25, 0.3) is 0 Å². The monoisotopic (exact) mass is 393 g/mol. The Labute approximate surface area is 136 Å². The fourth-order valence-corrected chi connectivity index (χ4v) is 5.33. The molecule has 1 aromatic heterocycles. The van der Waals surface area contributed by atoms with Gasteiger partial charge in [0.2, 0.25) is 10.0 Å². The topological polar surface area (TPSA) is 46.2 Å². The summed E-state index contributed by atoms with van der Waals surface area (Å²) in [6, 6.07) is 9.01. The molecule has 0 aliphatic heterocycles. The molecule has 108 valence electrons. The summed E-state index contributed by atoms with van der Waals surface area (Å²) in [7, 11) is -3.44. The zero-order valence-electron chi connectivity index (χ0n) is 10.7. The predicted octanol–water partition coefficient (Wildman–Crippen LogP) is 3.99. The highest BCUT2D eigenvalue weighted by atomic mass is 79.9. The van der Waals surface area contributed by atoms with E-state index >= 15 is 0 Å². The molecule has 0 unspecified atom stereocenters. The Morgan fingerprint density at radius 3 is 2.50 bits per heavy atom. The van der Waals surface area contributed by atoms with E-state index in [0.29, 0.717) is 22.9 Å². The summed E-state index contributed by atoms with van der Waals surface area (Å²) in [6.07, 6.45) is 0.626. The van der Waals surface area contributed by atoms with Crippen LogP contribution < -0.4 is 4.72 Å². The molecule has 3 nitrogen and oxygen atoms in total. The third-order valence-corrected chi connectivity index (χ3v) is 6.27. The van der Waals surface area contributed by atoms with Gasteiger partial charge in [-0.15, -0.1) is 11.3 Å². The van der Waals surface area contributed by atoms with Gasteiger partial charge in [-0.25, -0.2) is 13.1 Å². The summed E-state index contributed by atoms with van der Waals surface area (Å²) in [5, 5.41) is 0.674. The molecule has 1 N–H and O–H groups in total. The van der Waals surface area contributed by atoms with Crippen LogP contribution in [0.3, 0.4) is 0 Å². The van der Waals surface area contributed by atoms with Crippen molar-refractivity contribution in [2.45, 2.75) is 18.2 Å². The first-order valence-electron chi connectivity index (χ1n) is 5.88. The van der Waals surface area contributed by atoms with Crippen molar-refractivity contribution in [3.05, 3.63) is 49.6 Å². The van der Waals surface area contributed by atoms with Crippen LogP contribution in [-0.4, -0.2) is 15.0 Å². The average Bonchev–Trinajstić information content (AvgIpc) is 2.72. The zero-order valence-corrected chi connectivity index (χ0v) is 14.7. The summed E-state index contributed by atoms with van der Waals surface area (Å²) < 4.78 is 27.8. The van der Waals surface area contributed by atoms with Gasteiger partial charge in [-0.1, -0.05) is 23.7 Å². The molecule has 0 atom stereocenters. The van der Waals surface area contributed by atoms with E-state index in [2.05, 4.69) is 20.7 Å². The molecule has 2 rings (SSSR count). The molecule has 1 heterocycles. The minimum absolute atomic E-state index is 0.338. The Hall–Kier alpha value is -0.400. The van der Waals surface area contributed by atoms with E-state index in [1.54, 1.807) is 25.1 Å². The summed E-state index contributed by atoms with van der Waals surface area (Å²) in [5.74, 6) is 0. The quantitative estimate of drug-likeness (QED) is 0.833. The SMILES string of the molecule is Cc1sc(Br)cc1S(=O)(=O)NCCc1ccc(Cl)cc1. The molecule has 0 bridgehead atoms. The van der Waals surface area contributed by atoms with Crippen LogP contribution in [0.15, 0.2) is 39.0 Å². The molecule has 0 spiro atoms. The van der Waals surface area contributed by atoms with Gasteiger partial charge in [0.05, 0.1) is 8.68 Å². The number of thiophene rings is 1. The number of rotatable bonds is 5. The first-order valence-corrected chi connectivity index (χ1v) is 9.35. The van der Waals surface area contributed by atoms with Crippen molar-refractivity contribution in [3.63, 3.8) is 0 Å². The van der Waals surface area contributed by atoms with Crippen molar-refractivity contribution in [1.82, 2.24) is 4.72 Å². The lowest BCUT2D eigenvalue weighted by Gasteiger charge is -2.06. The summed E-state index contributed by atoms with van der Waals surface area (Å²) in [4.78, 5) is 1.11. The van der Waals surface area contributed by atoms with Gasteiger partial charge in [0.1, 0.15) is 0 Å². The van der Waals surface area contributed by atoms with Gasteiger partial charge < -0.3 is 0 Å². The van der Waals surface area contributed by atoms with E-state index in [0.717, 1.165) is 14.2 Å². The highest BCUT2D eigenvalue weighted by molar-refractivity contribution is 9.11. The lowest BCUT2D eigenvalue weighted by atomic mass is 10.2. The Bertz CT molecular complexity index is 696. The number of aryl methyl sites for hydroxylation is 1. The first-order chi connectivity index (χ1) is 9.38. The summed E-state index contributed by atoms with van der Waals surface area (Å²) in [6.45, 7) is 2.15. The number of halogens is 2. The minimum Gasteiger partial charge on any atom is -0.211 e. The highest BCUT2D eigenvalue weighted by Gasteiger charge is 2.18. The molecule has 20 heavy (non-hydrogen) atoms. The molecule has 0 saturated carbocycles. The second-order valence-corrected chi connectivity index (χ2v) is 9.05. The maximum Gasteiger partial charge on any atom is 0.241 e. The van der Waals surface area contributed by atoms with Crippen molar-refractivity contribution >= 4 is 48.9 Å². The van der Waals surface area contributed by atoms with Crippen molar-refractivity contribution in [1.29, 1.82) is 0 Å². The summed E-state index contributed by atoms with van der Waals surface area (Å²) >= 11 is 10.5. The van der Waals surface area contributed by atoms with E-state index < -0.39 is 10.0 Å². The van der Waals surface area contributed by atoms with E-state index in [-0.39, 0.29) is 0 Å². The third-order valence-electron chi connectivity index (χ3n) is 2.75. The second-order valence-electron chi connectivity index (χ2n) is 4.25. The molecular formula is C13H13BrClNO2S2. The molecule has 0 fully saturated rings. The van der Waals surface area contributed by atoms with Crippen molar-refractivity contribution in [3.8, 4) is 0 Å². The Balaban J connectivity index is 1.99. The molecular weight excluding hydrogens is 382 g/mol. The Kier molecular flexibility index (Phi) is 5.25. The highest BCUT2D eigenvalue weighted by Crippen LogP contribution is 2.29. The lowest BCUT2D eigenvalue weighted by Crippen LogP contribution is -2.26. The maximum absolute atomic E-state index is 12.2. The standard InChI is InChI=1S/C13H13BrClNO2S2/c1-9-12(8-13(14)19-9)20(17,18)16-7-6-10-2-4-11(15)5-3-10/h2-5,8,16H,6-7H2,1H3. The molecule has 2 aromatic rings. The van der Waals surface area contributed by atoms with Crippen LogP contribution in [0, 0.1) is 6.92 Å². The molecule has 0 aliphatic carbocycles. The van der Waals surface area contributed by atoms with Gasteiger partial charge in [0.15, 0.2) is 0 Å². The Morgan fingerprint density at radius 2 is 1.95 bits per heavy atom. The lowest BCUT2D eigenvalue weighted by molar-refractivity contribution is 0.581. The molecule has 0 radical (unpaired) electrons. The maximum atomic E-state index is 12.2. The molecule has 0 amide bonds. The van der Waals surface area contributed by atoms with Crippen molar-refractivity contribution < 1.29 is 8.42 Å². The number of hydrogen-bond acceptors (Lipinski definition) is 3. The van der Waals surface area contributed by atoms with E-state index in [1.807, 2.05) is 12.1 Å². The van der Waals surface area contributed by atoms with E-state index in [9.17, 15) is 8.42 Å². The number of sulfonamides is 1. The third kappa shape index (κ3) is 4.05. The van der Waals surface area contributed by atoms with Gasteiger partial charge >= 0.3 is 0 Å². The van der Waals surface area contributed by atoms with Gasteiger partial charge in [-0.05, 0) is 53.0 Å². The van der Waals surface area contributed by atoms with Crippen LogP contribution in [-0.2, 0) is 16.4 Å². The molecule has 1 aromatic carbocycles. The number of nitrogens with one attached hydrogen (secondary N) is 1. The van der Waals surface area contributed by atoms with Crippen LogP contribution in [0.2, 0.25) is 5.02 Å². The van der Waals surface area contributed by atoms with Crippen LogP contribution in [0.1, 0.15) is 10.4 Å². The normalized spacial score (nSPS) is 11.8. The van der Waals surface area contributed by atoms with E-state index in [1.165, 1.54) is 11.3 Å². The van der Waals surface area contributed by atoms with Gasteiger partial charge in [-0.3, -0.25) is 0 Å². The van der Waals surface area contributed by atoms with Crippen LogP contribution >= 0.6 is 38.9 Å². The zero-order chi connectivity index (χ0) is 14.8. The summed E-state index contributed by atoms with van der Waals surface area (Å²) in [5.41, 5.74) is 1.04. The number of benzene rings is 1. The second kappa shape index (κ2) is 6.58. The van der Waals surface area contributed by atoms with Gasteiger partial charge in [0, 0.05) is 16.4 Å². The van der Waals surface area contributed by atoms with Gasteiger partial charge in [-0.2, -0.15) is 0 Å². The fourth-order valence-electron chi connectivity index (χ4n) is 1.76. The first kappa shape index (κ1) is 16.0. The molecule has 7 heteroatoms. The van der Waals surface area contributed by atoms with Crippen molar-refractivity contribution in [2.75, 3.05) is 6.54 Å². The van der Waals surface area contributed by atoms with E-state index in [4.69, 9.17) is 11.6 Å². The smallest absolute Gasteiger partial charge is 0.211 e. The van der Waals surface area contributed by atoms with Crippen LogP contribution in [0.5, 0.6) is 0 Å². The number of hydrogen-bond donors (Lipinski definition) is 1. The Morgan fingerprint density at radius 1 is 1.30 bits per heavy atom. The van der Waals surface area contributed by atoms with Crippen molar-refractivity contribution in [2.24, 2.45) is 0 Å². The minimum atomic E-state index is -3.44.